The number of allylic oxidation sites excluding steroid dienone is 2. The van der Waals surface area contributed by atoms with Crippen LogP contribution >= 0.6 is 23.2 Å². The monoisotopic (exact) mass is 394 g/mol. The molecule has 2 aromatic carbocycles. The third kappa shape index (κ3) is 2.59. The summed E-state index contributed by atoms with van der Waals surface area (Å²) in [5.41, 5.74) is 1.89. The van der Waals surface area contributed by atoms with Gasteiger partial charge in [0.25, 0.3) is 0 Å². The van der Waals surface area contributed by atoms with Crippen molar-refractivity contribution in [2.24, 2.45) is 0 Å². The molecule has 0 atom stereocenters. The number of esters is 1. The van der Waals surface area contributed by atoms with Gasteiger partial charge in [-0.2, -0.15) is 0 Å². The molecule has 0 bridgehead atoms. The van der Waals surface area contributed by atoms with Gasteiger partial charge < -0.3 is 19.7 Å². The fourth-order valence-electron chi connectivity index (χ4n) is 2.83. The molecule has 3 rings (SSSR count). The maximum atomic E-state index is 12.7. The van der Waals surface area contributed by atoms with Crippen LogP contribution in [0, 0.1) is 13.8 Å². The van der Waals surface area contributed by atoms with E-state index in [-0.39, 0.29) is 49.9 Å². The highest BCUT2D eigenvalue weighted by Gasteiger charge is 2.33. The molecule has 0 amide bonds. The molecule has 136 valence electrons. The first kappa shape index (κ1) is 18.4. The molecule has 0 aromatic heterocycles. The molecule has 0 radical (unpaired) electrons. The average molecular weight is 395 g/mol. The summed E-state index contributed by atoms with van der Waals surface area (Å²) in [4.78, 5) is 12.7. The number of hydrogen-bond donors (Lipinski definition) is 2. The Labute approximate surface area is 160 Å². The summed E-state index contributed by atoms with van der Waals surface area (Å²) in [5.74, 6) is -0.926. The molecule has 0 aliphatic carbocycles. The van der Waals surface area contributed by atoms with Crippen LogP contribution in [-0.2, 0) is 0 Å². The molecule has 5 nitrogen and oxygen atoms in total. The van der Waals surface area contributed by atoms with E-state index in [1.54, 1.807) is 33.8 Å². The van der Waals surface area contributed by atoms with Crippen molar-refractivity contribution in [2.75, 3.05) is 0 Å². The average Bonchev–Trinajstić information content (AvgIpc) is 2.75. The van der Waals surface area contributed by atoms with Gasteiger partial charge in [-0.1, -0.05) is 29.3 Å². The zero-order valence-corrected chi connectivity index (χ0v) is 16.0. The van der Waals surface area contributed by atoms with Crippen molar-refractivity contribution in [3.63, 3.8) is 0 Å². The predicted octanol–water partition coefficient (Wildman–Crippen LogP) is 5.77. The van der Waals surface area contributed by atoms with Gasteiger partial charge in [-0.25, -0.2) is 4.79 Å². The summed E-state index contributed by atoms with van der Waals surface area (Å²) in [6, 6.07) is 1.36. The van der Waals surface area contributed by atoms with Gasteiger partial charge in [-0.05, 0) is 44.9 Å². The van der Waals surface area contributed by atoms with Crippen LogP contribution in [0.25, 0.3) is 5.57 Å². The van der Waals surface area contributed by atoms with Gasteiger partial charge in [0, 0.05) is 11.1 Å². The van der Waals surface area contributed by atoms with Gasteiger partial charge in [-0.3, -0.25) is 0 Å². The smallest absolute Gasteiger partial charge is 0.347 e. The minimum Gasteiger partial charge on any atom is -0.506 e. The summed E-state index contributed by atoms with van der Waals surface area (Å²) >= 11 is 12.5. The van der Waals surface area contributed by atoms with Crippen LogP contribution in [0.4, 0.5) is 0 Å². The number of aromatic hydroxyl groups is 2. The Hall–Kier alpha value is -2.37. The fourth-order valence-corrected chi connectivity index (χ4v) is 3.40. The largest absolute Gasteiger partial charge is 0.506 e. The standard InChI is InChI=1S/C19H16Cl2O5/c1-5-7(2)11-14(21)15(23)9(4)16-18(11)25-17-12(19(24)26-16)8(3)6-10(22)13(17)20/h5-6,22-23H,1-4H3. The number of hydrogen-bond acceptors (Lipinski definition) is 5. The number of rotatable bonds is 1. The molecule has 0 unspecified atom stereocenters. The Morgan fingerprint density at radius 1 is 1.08 bits per heavy atom. The van der Waals surface area contributed by atoms with E-state index in [9.17, 15) is 15.0 Å². The quantitative estimate of drug-likeness (QED) is 0.474. The lowest BCUT2D eigenvalue weighted by molar-refractivity contribution is 0.0735. The third-order valence-electron chi connectivity index (χ3n) is 4.39. The van der Waals surface area contributed by atoms with Crippen molar-refractivity contribution in [3.8, 4) is 28.7 Å². The molecule has 1 heterocycles. The van der Waals surface area contributed by atoms with Crippen LogP contribution in [0.3, 0.4) is 0 Å². The molecule has 7 heteroatoms. The first-order valence-electron chi connectivity index (χ1n) is 7.79. The first-order chi connectivity index (χ1) is 12.2. The molecule has 0 saturated heterocycles. The van der Waals surface area contributed by atoms with Crippen LogP contribution in [0.15, 0.2) is 12.1 Å². The van der Waals surface area contributed by atoms with Crippen molar-refractivity contribution < 1.29 is 24.5 Å². The lowest BCUT2D eigenvalue weighted by Crippen LogP contribution is -2.10. The van der Waals surface area contributed by atoms with Crippen molar-refractivity contribution in [2.45, 2.75) is 27.7 Å². The molecule has 26 heavy (non-hydrogen) atoms. The Morgan fingerprint density at radius 2 is 1.73 bits per heavy atom. The van der Waals surface area contributed by atoms with E-state index in [1.165, 1.54) is 6.07 Å². The van der Waals surface area contributed by atoms with Crippen LogP contribution in [0.5, 0.6) is 28.7 Å². The highest BCUT2D eigenvalue weighted by Crippen LogP contribution is 2.53. The van der Waals surface area contributed by atoms with Crippen LogP contribution in [-0.4, -0.2) is 16.2 Å². The zero-order chi connectivity index (χ0) is 19.3. The number of aryl methyl sites for hydroxylation is 1. The van der Waals surface area contributed by atoms with Gasteiger partial charge in [0.15, 0.2) is 17.2 Å². The van der Waals surface area contributed by atoms with Gasteiger partial charge in [0.05, 0.1) is 5.02 Å². The number of ether oxygens (including phenoxy) is 2. The van der Waals surface area contributed by atoms with Crippen LogP contribution in [0.2, 0.25) is 10.0 Å². The number of carbonyl (C=O) groups excluding carboxylic acids is 1. The summed E-state index contributed by atoms with van der Waals surface area (Å²) in [6.07, 6.45) is 1.78. The number of carbonyl (C=O) groups is 1. The summed E-state index contributed by atoms with van der Waals surface area (Å²) < 4.78 is 11.5. The van der Waals surface area contributed by atoms with E-state index in [1.807, 2.05) is 0 Å². The second-order valence-electron chi connectivity index (χ2n) is 6.01. The van der Waals surface area contributed by atoms with Crippen molar-refractivity contribution in [3.05, 3.63) is 44.4 Å². The normalized spacial score (nSPS) is 13.5. The summed E-state index contributed by atoms with van der Waals surface area (Å²) in [5, 5.41) is 20.3. The summed E-state index contributed by atoms with van der Waals surface area (Å²) in [6.45, 7) is 6.77. The first-order valence-corrected chi connectivity index (χ1v) is 8.55. The Bertz CT molecular complexity index is 993. The van der Waals surface area contributed by atoms with Gasteiger partial charge >= 0.3 is 5.97 Å². The van der Waals surface area contributed by atoms with Gasteiger partial charge in [0.1, 0.15) is 22.1 Å². The molecule has 2 N–H and O–H groups in total. The van der Waals surface area contributed by atoms with Crippen molar-refractivity contribution in [1.82, 2.24) is 0 Å². The third-order valence-corrected chi connectivity index (χ3v) is 5.12. The number of fused-ring (bicyclic) bond motifs is 2. The number of benzene rings is 2. The molecular formula is C19H16Cl2O5. The van der Waals surface area contributed by atoms with Crippen LogP contribution in [0.1, 0.15) is 40.9 Å². The van der Waals surface area contributed by atoms with E-state index in [0.717, 1.165) is 0 Å². The number of halogens is 2. The second-order valence-corrected chi connectivity index (χ2v) is 6.77. The Morgan fingerprint density at radius 3 is 2.35 bits per heavy atom. The second kappa shape index (κ2) is 6.41. The molecule has 0 saturated carbocycles. The fraction of sp³-hybridized carbons (Fsp3) is 0.211. The lowest BCUT2D eigenvalue weighted by atomic mass is 10.0. The van der Waals surface area contributed by atoms with Gasteiger partial charge in [0.2, 0.25) is 0 Å². The molecular weight excluding hydrogens is 379 g/mol. The highest BCUT2D eigenvalue weighted by atomic mass is 35.5. The van der Waals surface area contributed by atoms with Crippen molar-refractivity contribution in [1.29, 1.82) is 0 Å². The molecule has 0 spiro atoms. The van der Waals surface area contributed by atoms with E-state index >= 15 is 0 Å². The number of phenolic OH excluding ortho intramolecular Hbond substituents is 2. The molecule has 1 aliphatic rings. The topological polar surface area (TPSA) is 76.0 Å². The molecule has 1 aliphatic heterocycles. The van der Waals surface area contributed by atoms with Crippen molar-refractivity contribution >= 4 is 34.7 Å². The Kier molecular flexibility index (Phi) is 4.54. The Balaban J connectivity index is 2.44. The minimum absolute atomic E-state index is 0.0146. The van der Waals surface area contributed by atoms with E-state index in [2.05, 4.69) is 0 Å². The minimum atomic E-state index is -0.702. The maximum absolute atomic E-state index is 12.7. The predicted molar refractivity (Wildman–Crippen MR) is 100 cm³/mol. The highest BCUT2D eigenvalue weighted by molar-refractivity contribution is 6.35. The van der Waals surface area contributed by atoms with E-state index < -0.39 is 5.97 Å². The van der Waals surface area contributed by atoms with Gasteiger partial charge in [-0.15, -0.1) is 0 Å². The van der Waals surface area contributed by atoms with E-state index in [4.69, 9.17) is 32.7 Å². The van der Waals surface area contributed by atoms with E-state index in [0.29, 0.717) is 16.7 Å². The molecule has 0 fully saturated rings. The van der Waals surface area contributed by atoms with Crippen LogP contribution < -0.4 is 9.47 Å². The lowest BCUT2D eigenvalue weighted by Gasteiger charge is -2.18. The summed E-state index contributed by atoms with van der Waals surface area (Å²) in [7, 11) is 0. The zero-order valence-electron chi connectivity index (χ0n) is 14.5. The SMILES string of the molecule is CC=C(C)c1c(Cl)c(O)c(C)c2c1Oc1c(Cl)c(O)cc(C)c1C(=O)O2. The number of phenols is 2. The maximum Gasteiger partial charge on any atom is 0.347 e. The molecule has 2 aromatic rings.